The first kappa shape index (κ1) is 17.3. The van der Waals surface area contributed by atoms with Gasteiger partial charge in [0.25, 0.3) is 0 Å². The molecule has 7 nitrogen and oxygen atoms in total. The third kappa shape index (κ3) is 4.12. The predicted molar refractivity (Wildman–Crippen MR) is 91.3 cm³/mol. The first-order valence-corrected chi connectivity index (χ1v) is 9.19. The van der Waals surface area contributed by atoms with Gasteiger partial charge in [-0.15, -0.1) is 5.10 Å². The predicted octanol–water partition coefficient (Wildman–Crippen LogP) is 1.74. The van der Waals surface area contributed by atoms with Crippen LogP contribution in [0.4, 0.5) is 0 Å². The lowest BCUT2D eigenvalue weighted by Crippen LogP contribution is -2.48. The van der Waals surface area contributed by atoms with E-state index in [9.17, 15) is 4.79 Å². The van der Waals surface area contributed by atoms with Crippen LogP contribution in [0.1, 0.15) is 58.9 Å². The molecule has 1 aromatic rings. The van der Waals surface area contributed by atoms with Gasteiger partial charge in [-0.3, -0.25) is 9.69 Å². The second-order valence-corrected chi connectivity index (χ2v) is 8.42. The minimum Gasteiger partial charge on any atom is -0.341 e. The average Bonchev–Trinajstić information content (AvgIpc) is 3.08. The number of aromatic nitrogens is 4. The number of rotatable bonds is 3. The topological polar surface area (TPSA) is 67.2 Å². The van der Waals surface area contributed by atoms with E-state index in [0.29, 0.717) is 5.91 Å². The van der Waals surface area contributed by atoms with Crippen LogP contribution in [0.15, 0.2) is 6.33 Å². The van der Waals surface area contributed by atoms with Gasteiger partial charge in [0.1, 0.15) is 6.33 Å². The molecule has 0 saturated carbocycles. The van der Waals surface area contributed by atoms with Crippen molar-refractivity contribution in [2.75, 3.05) is 26.2 Å². The lowest BCUT2D eigenvalue weighted by atomic mass is 9.95. The molecule has 24 heavy (non-hydrogen) atoms. The van der Waals surface area contributed by atoms with Crippen LogP contribution in [0.5, 0.6) is 0 Å². The van der Waals surface area contributed by atoms with Crippen LogP contribution >= 0.6 is 0 Å². The molecule has 0 radical (unpaired) electrons. The van der Waals surface area contributed by atoms with Gasteiger partial charge in [-0.25, -0.2) is 4.68 Å². The zero-order valence-corrected chi connectivity index (χ0v) is 15.2. The van der Waals surface area contributed by atoms with E-state index >= 15 is 0 Å². The Hall–Kier alpha value is -1.50. The van der Waals surface area contributed by atoms with Crippen LogP contribution in [0.3, 0.4) is 0 Å². The molecule has 134 valence electrons. The first-order valence-electron chi connectivity index (χ1n) is 9.19. The minimum absolute atomic E-state index is 0.0449. The normalized spacial score (nSPS) is 26.5. The standard InChI is InChI=1S/C17H30N6O/c1-17(2,3)12-22-11-14(23-13-18-19-20-23)10-15(22)16(24)21-8-6-4-5-7-9-21/h13-15H,4-12H2,1-3H3/t14-,15-/m0/s1. The van der Waals surface area contributed by atoms with Crippen LogP contribution < -0.4 is 0 Å². The third-order valence-electron chi connectivity index (χ3n) is 5.00. The number of likely N-dealkylation sites (tertiary alicyclic amines) is 2. The van der Waals surface area contributed by atoms with Crippen LogP contribution in [0.25, 0.3) is 0 Å². The largest absolute Gasteiger partial charge is 0.341 e. The highest BCUT2D eigenvalue weighted by molar-refractivity contribution is 5.82. The number of carbonyl (C=O) groups is 1. The first-order chi connectivity index (χ1) is 11.4. The molecule has 3 rings (SSSR count). The number of nitrogens with zero attached hydrogens (tertiary/aromatic N) is 6. The fraction of sp³-hybridized carbons (Fsp3) is 0.882. The Bertz CT molecular complexity index is 530. The zero-order valence-electron chi connectivity index (χ0n) is 15.2. The molecule has 7 heteroatoms. The molecule has 1 aromatic heterocycles. The van der Waals surface area contributed by atoms with Crippen molar-refractivity contribution in [1.82, 2.24) is 30.0 Å². The van der Waals surface area contributed by atoms with Crippen molar-refractivity contribution in [3.63, 3.8) is 0 Å². The third-order valence-corrected chi connectivity index (χ3v) is 5.00. The highest BCUT2D eigenvalue weighted by Crippen LogP contribution is 2.31. The Kier molecular flexibility index (Phi) is 5.18. The molecule has 2 aliphatic heterocycles. The maximum Gasteiger partial charge on any atom is 0.240 e. The van der Waals surface area contributed by atoms with E-state index in [0.717, 1.165) is 45.4 Å². The summed E-state index contributed by atoms with van der Waals surface area (Å²) in [4.78, 5) is 17.6. The number of amides is 1. The van der Waals surface area contributed by atoms with Gasteiger partial charge in [-0.2, -0.15) is 0 Å². The summed E-state index contributed by atoms with van der Waals surface area (Å²) in [6.07, 6.45) is 7.22. The molecule has 3 heterocycles. The maximum absolute atomic E-state index is 13.2. The van der Waals surface area contributed by atoms with Gasteiger partial charge in [0.2, 0.25) is 5.91 Å². The Morgan fingerprint density at radius 2 is 1.88 bits per heavy atom. The molecule has 1 amide bonds. The van der Waals surface area contributed by atoms with Crippen molar-refractivity contribution < 1.29 is 4.79 Å². The van der Waals surface area contributed by atoms with E-state index < -0.39 is 0 Å². The monoisotopic (exact) mass is 334 g/mol. The summed E-state index contributed by atoms with van der Waals surface area (Å²) in [5.41, 5.74) is 0.160. The lowest BCUT2D eigenvalue weighted by Gasteiger charge is -2.33. The molecular weight excluding hydrogens is 304 g/mol. The summed E-state index contributed by atoms with van der Waals surface area (Å²) < 4.78 is 1.81. The van der Waals surface area contributed by atoms with Gasteiger partial charge in [-0.05, 0) is 35.1 Å². The summed E-state index contributed by atoms with van der Waals surface area (Å²) >= 11 is 0. The summed E-state index contributed by atoms with van der Waals surface area (Å²) in [7, 11) is 0. The molecular formula is C17H30N6O. The van der Waals surface area contributed by atoms with Crippen molar-refractivity contribution in [1.29, 1.82) is 0 Å². The Labute approximate surface area is 144 Å². The van der Waals surface area contributed by atoms with Gasteiger partial charge in [-0.1, -0.05) is 33.6 Å². The highest BCUT2D eigenvalue weighted by atomic mass is 16.2. The molecule has 2 fully saturated rings. The number of carbonyl (C=O) groups excluding carboxylic acids is 1. The van der Waals surface area contributed by atoms with Gasteiger partial charge >= 0.3 is 0 Å². The van der Waals surface area contributed by atoms with Gasteiger partial charge < -0.3 is 4.90 Å². The molecule has 0 aliphatic carbocycles. The summed E-state index contributed by atoms with van der Waals surface area (Å²) in [5.74, 6) is 0.303. The van der Waals surface area contributed by atoms with E-state index in [4.69, 9.17) is 0 Å². The van der Waals surface area contributed by atoms with E-state index in [2.05, 4.69) is 46.1 Å². The van der Waals surface area contributed by atoms with Gasteiger partial charge in [0.05, 0.1) is 12.1 Å². The maximum atomic E-state index is 13.2. The van der Waals surface area contributed by atoms with E-state index in [1.807, 2.05) is 4.68 Å². The van der Waals surface area contributed by atoms with Gasteiger partial charge in [0, 0.05) is 26.2 Å². The lowest BCUT2D eigenvalue weighted by molar-refractivity contribution is -0.136. The van der Waals surface area contributed by atoms with Crippen molar-refractivity contribution in [2.24, 2.45) is 5.41 Å². The second-order valence-electron chi connectivity index (χ2n) is 8.42. The molecule has 0 spiro atoms. The van der Waals surface area contributed by atoms with Gasteiger partial charge in [0.15, 0.2) is 0 Å². The summed E-state index contributed by atoms with van der Waals surface area (Å²) in [6, 6.07) is 0.139. The average molecular weight is 334 g/mol. The SMILES string of the molecule is CC(C)(C)CN1C[C@@H](n2cnnn2)C[C@H]1C(=O)N1CCCCCC1. The van der Waals surface area contributed by atoms with Crippen LogP contribution in [0, 0.1) is 5.41 Å². The highest BCUT2D eigenvalue weighted by Gasteiger charge is 2.41. The Morgan fingerprint density at radius 1 is 1.17 bits per heavy atom. The smallest absolute Gasteiger partial charge is 0.240 e. The van der Waals surface area contributed by atoms with E-state index in [1.165, 1.54) is 12.8 Å². The summed E-state index contributed by atoms with van der Waals surface area (Å²) in [6.45, 7) is 10.3. The van der Waals surface area contributed by atoms with Crippen LogP contribution in [-0.4, -0.2) is 68.1 Å². The number of hydrogen-bond acceptors (Lipinski definition) is 5. The molecule has 0 N–H and O–H groups in total. The fourth-order valence-corrected chi connectivity index (χ4v) is 3.95. The molecule has 2 aliphatic rings. The number of tetrazole rings is 1. The van der Waals surface area contributed by atoms with E-state index in [-0.39, 0.29) is 17.5 Å². The molecule has 0 bridgehead atoms. The van der Waals surface area contributed by atoms with E-state index in [1.54, 1.807) is 6.33 Å². The minimum atomic E-state index is -0.0449. The van der Waals surface area contributed by atoms with Crippen molar-refractivity contribution in [2.45, 2.75) is 65.0 Å². The van der Waals surface area contributed by atoms with Crippen molar-refractivity contribution in [3.8, 4) is 0 Å². The Morgan fingerprint density at radius 3 is 2.46 bits per heavy atom. The van der Waals surface area contributed by atoms with Crippen molar-refractivity contribution >= 4 is 5.91 Å². The number of hydrogen-bond donors (Lipinski definition) is 0. The zero-order chi connectivity index (χ0) is 17.2. The van der Waals surface area contributed by atoms with Crippen LogP contribution in [0.2, 0.25) is 0 Å². The second kappa shape index (κ2) is 7.17. The molecule has 0 aromatic carbocycles. The Balaban J connectivity index is 1.75. The fourth-order valence-electron chi connectivity index (χ4n) is 3.95. The molecule has 2 atom stereocenters. The van der Waals surface area contributed by atoms with Crippen molar-refractivity contribution in [3.05, 3.63) is 6.33 Å². The van der Waals surface area contributed by atoms with Crippen LogP contribution in [-0.2, 0) is 4.79 Å². The summed E-state index contributed by atoms with van der Waals surface area (Å²) in [5, 5.41) is 11.6. The molecule has 0 unspecified atom stereocenters. The quantitative estimate of drug-likeness (QED) is 0.842. The molecule has 2 saturated heterocycles.